The molecule has 2 atom stereocenters. The topological polar surface area (TPSA) is 3.24 Å². The maximum atomic E-state index is 13.5. The van der Waals surface area contributed by atoms with E-state index in [1.807, 2.05) is 60.7 Å². The molecule has 0 aliphatic carbocycles. The highest BCUT2D eigenvalue weighted by Gasteiger charge is 2.45. The zero-order valence-corrected chi connectivity index (χ0v) is 13.3. The lowest BCUT2D eigenvalue weighted by Gasteiger charge is -2.40. The number of nitrogens with zero attached hydrogens (tertiary/aromatic N) is 1. The molecule has 0 N–H and O–H groups in total. The molecule has 1 aliphatic heterocycles. The molecule has 1 nitrogen and oxygen atoms in total. The van der Waals surface area contributed by atoms with Crippen LogP contribution >= 0.6 is 0 Å². The van der Waals surface area contributed by atoms with Gasteiger partial charge in [-0.2, -0.15) is 13.2 Å². The third kappa shape index (κ3) is 4.06. The van der Waals surface area contributed by atoms with E-state index in [1.54, 1.807) is 11.0 Å². The van der Waals surface area contributed by atoms with Crippen molar-refractivity contribution >= 4 is 0 Å². The van der Waals surface area contributed by atoms with Gasteiger partial charge in [0.25, 0.3) is 0 Å². The maximum Gasteiger partial charge on any atom is 0.407 e. The summed E-state index contributed by atoms with van der Waals surface area (Å²) in [5.74, 6) is 0. The average molecular weight is 331 g/mol. The molecule has 0 spiro atoms. The Labute approximate surface area is 140 Å². The van der Waals surface area contributed by atoms with E-state index in [9.17, 15) is 13.2 Å². The van der Waals surface area contributed by atoms with Gasteiger partial charge in [0.15, 0.2) is 0 Å². The summed E-state index contributed by atoms with van der Waals surface area (Å²) < 4.78 is 40.5. The zero-order chi connectivity index (χ0) is 17.0. The summed E-state index contributed by atoms with van der Waals surface area (Å²) in [6.45, 7) is 0.298. The van der Waals surface area contributed by atoms with Crippen LogP contribution in [0.4, 0.5) is 13.2 Å². The van der Waals surface area contributed by atoms with E-state index in [4.69, 9.17) is 0 Å². The fourth-order valence-electron chi connectivity index (χ4n) is 3.24. The lowest BCUT2D eigenvalue weighted by atomic mass is 9.95. The van der Waals surface area contributed by atoms with Gasteiger partial charge in [-0.3, -0.25) is 4.90 Å². The van der Waals surface area contributed by atoms with E-state index in [-0.39, 0.29) is 6.04 Å². The van der Waals surface area contributed by atoms with E-state index in [0.29, 0.717) is 19.4 Å². The van der Waals surface area contributed by atoms with Crippen molar-refractivity contribution in [2.45, 2.75) is 37.6 Å². The first-order valence-electron chi connectivity index (χ1n) is 8.11. The second kappa shape index (κ2) is 7.22. The largest absolute Gasteiger partial charge is 0.407 e. The quantitative estimate of drug-likeness (QED) is 0.713. The lowest BCUT2D eigenvalue weighted by molar-refractivity contribution is -0.179. The first-order chi connectivity index (χ1) is 11.5. The monoisotopic (exact) mass is 331 g/mol. The highest BCUT2D eigenvalue weighted by molar-refractivity contribution is 5.20. The predicted molar refractivity (Wildman–Crippen MR) is 89.5 cm³/mol. The maximum absolute atomic E-state index is 13.5. The van der Waals surface area contributed by atoms with Crippen molar-refractivity contribution in [2.75, 3.05) is 0 Å². The normalized spacial score (nSPS) is 21.8. The standard InChI is InChI=1S/C20H20F3N/c21-20(22,23)19-13-7-12-18(14-16-8-3-1-4-9-16)24(19)15-17-10-5-2-6-11-17/h1-11,13,18-19H,12,14-15H2/t18-,19-/m1/s1. The molecule has 0 saturated carbocycles. The number of halogens is 3. The third-order valence-electron chi connectivity index (χ3n) is 4.41. The Morgan fingerprint density at radius 3 is 2.04 bits per heavy atom. The first-order valence-corrected chi connectivity index (χ1v) is 8.11. The molecule has 0 unspecified atom stereocenters. The third-order valence-corrected chi connectivity index (χ3v) is 4.41. The number of benzene rings is 2. The SMILES string of the molecule is FC(F)(F)[C@H]1C=CC[C@H](Cc2ccccc2)N1Cc1ccccc1. The molecule has 126 valence electrons. The van der Waals surface area contributed by atoms with Gasteiger partial charge in [-0.25, -0.2) is 0 Å². The van der Waals surface area contributed by atoms with Crippen LogP contribution in [0.25, 0.3) is 0 Å². The van der Waals surface area contributed by atoms with Crippen molar-refractivity contribution in [1.29, 1.82) is 0 Å². The number of hydrogen-bond donors (Lipinski definition) is 0. The Kier molecular flexibility index (Phi) is 5.05. The van der Waals surface area contributed by atoms with Crippen molar-refractivity contribution in [3.63, 3.8) is 0 Å². The fourth-order valence-corrected chi connectivity index (χ4v) is 3.24. The zero-order valence-electron chi connectivity index (χ0n) is 13.3. The van der Waals surface area contributed by atoms with Gasteiger partial charge in [-0.1, -0.05) is 72.8 Å². The second-order valence-corrected chi connectivity index (χ2v) is 6.15. The highest BCUT2D eigenvalue weighted by Crippen LogP contribution is 2.33. The molecule has 0 saturated heterocycles. The molecule has 0 radical (unpaired) electrons. The molecule has 3 rings (SSSR count). The van der Waals surface area contributed by atoms with E-state index in [0.717, 1.165) is 11.1 Å². The van der Waals surface area contributed by atoms with Crippen molar-refractivity contribution in [3.8, 4) is 0 Å². The second-order valence-electron chi connectivity index (χ2n) is 6.15. The van der Waals surface area contributed by atoms with Gasteiger partial charge in [-0.15, -0.1) is 0 Å². The van der Waals surface area contributed by atoms with Gasteiger partial charge < -0.3 is 0 Å². The van der Waals surface area contributed by atoms with Crippen LogP contribution in [0.3, 0.4) is 0 Å². The van der Waals surface area contributed by atoms with Crippen LogP contribution in [-0.2, 0) is 13.0 Å². The Balaban J connectivity index is 1.86. The summed E-state index contributed by atoms with van der Waals surface area (Å²) in [6.07, 6.45) is -0.0444. The minimum atomic E-state index is -4.26. The Morgan fingerprint density at radius 1 is 0.875 bits per heavy atom. The summed E-state index contributed by atoms with van der Waals surface area (Å²) in [4.78, 5) is 1.59. The minimum Gasteiger partial charge on any atom is -0.281 e. The molecular weight excluding hydrogens is 311 g/mol. The molecule has 0 bridgehead atoms. The van der Waals surface area contributed by atoms with Crippen LogP contribution in [0.15, 0.2) is 72.8 Å². The summed E-state index contributed by atoms with van der Waals surface area (Å²) in [7, 11) is 0. The van der Waals surface area contributed by atoms with E-state index in [1.165, 1.54) is 6.08 Å². The fraction of sp³-hybridized carbons (Fsp3) is 0.300. The van der Waals surface area contributed by atoms with E-state index >= 15 is 0 Å². The van der Waals surface area contributed by atoms with Crippen LogP contribution in [0, 0.1) is 0 Å². The molecule has 4 heteroatoms. The van der Waals surface area contributed by atoms with E-state index in [2.05, 4.69) is 0 Å². The molecule has 1 heterocycles. The van der Waals surface area contributed by atoms with Crippen LogP contribution in [-0.4, -0.2) is 23.2 Å². The van der Waals surface area contributed by atoms with Gasteiger partial charge in [0.2, 0.25) is 0 Å². The summed E-state index contributed by atoms with van der Waals surface area (Å²) in [5, 5.41) is 0. The Hall–Kier alpha value is -2.07. The van der Waals surface area contributed by atoms with Gasteiger partial charge >= 0.3 is 6.18 Å². The van der Waals surface area contributed by atoms with Gasteiger partial charge in [0.1, 0.15) is 6.04 Å². The van der Waals surface area contributed by atoms with Crippen LogP contribution < -0.4 is 0 Å². The molecule has 2 aromatic carbocycles. The number of alkyl halides is 3. The van der Waals surface area contributed by atoms with Gasteiger partial charge in [0, 0.05) is 12.6 Å². The number of rotatable bonds is 4. The van der Waals surface area contributed by atoms with Crippen molar-refractivity contribution in [1.82, 2.24) is 4.90 Å². The number of hydrogen-bond acceptors (Lipinski definition) is 1. The van der Waals surface area contributed by atoms with Crippen LogP contribution in [0.5, 0.6) is 0 Å². The smallest absolute Gasteiger partial charge is 0.281 e. The Bertz CT molecular complexity index is 664. The molecule has 1 aliphatic rings. The summed E-state index contributed by atoms with van der Waals surface area (Å²) in [6, 6.07) is 17.4. The first kappa shape index (κ1) is 16.8. The Morgan fingerprint density at radius 2 is 1.46 bits per heavy atom. The predicted octanol–water partition coefficient (Wildman–Crippen LogP) is 4.99. The van der Waals surface area contributed by atoms with Crippen LogP contribution in [0.1, 0.15) is 17.5 Å². The summed E-state index contributed by atoms with van der Waals surface area (Å²) >= 11 is 0. The average Bonchev–Trinajstić information content (AvgIpc) is 2.57. The molecule has 2 aromatic rings. The molecule has 24 heavy (non-hydrogen) atoms. The highest BCUT2D eigenvalue weighted by atomic mass is 19.4. The molecule has 0 amide bonds. The minimum absolute atomic E-state index is 0.163. The van der Waals surface area contributed by atoms with E-state index < -0.39 is 12.2 Å². The summed E-state index contributed by atoms with van der Waals surface area (Å²) in [5.41, 5.74) is 1.97. The molecule has 0 fully saturated rings. The van der Waals surface area contributed by atoms with Crippen molar-refractivity contribution in [3.05, 3.63) is 83.9 Å². The molecular formula is C20H20F3N. The van der Waals surface area contributed by atoms with Crippen LogP contribution in [0.2, 0.25) is 0 Å². The van der Waals surface area contributed by atoms with Crippen molar-refractivity contribution < 1.29 is 13.2 Å². The van der Waals surface area contributed by atoms with Gasteiger partial charge in [0.05, 0.1) is 0 Å². The lowest BCUT2D eigenvalue weighted by Crippen LogP contribution is -2.51. The van der Waals surface area contributed by atoms with Crippen molar-refractivity contribution in [2.24, 2.45) is 0 Å². The molecule has 0 aromatic heterocycles. The van der Waals surface area contributed by atoms with Gasteiger partial charge in [-0.05, 0) is 24.0 Å².